The Kier molecular flexibility index (Phi) is 2.63. The molecule has 0 spiro atoms. The highest BCUT2D eigenvalue weighted by atomic mass is 14.7. The smallest absolute Gasteiger partial charge is 0.0101 e. The van der Waals surface area contributed by atoms with Gasteiger partial charge in [0.15, 0.2) is 0 Å². The van der Waals surface area contributed by atoms with Gasteiger partial charge >= 0.3 is 0 Å². The predicted molar refractivity (Wildman–Crippen MR) is 61.0 cm³/mol. The molecule has 2 unspecified atom stereocenters. The summed E-state index contributed by atoms with van der Waals surface area (Å²) in [4.78, 5) is 0. The molecule has 2 saturated carbocycles. The lowest BCUT2D eigenvalue weighted by molar-refractivity contribution is 0.231. The monoisotopic (exact) mass is 195 g/mol. The molecule has 2 rings (SSSR count). The third-order valence-corrected chi connectivity index (χ3v) is 4.66. The van der Waals surface area contributed by atoms with Crippen molar-refractivity contribution in [2.45, 2.75) is 58.9 Å². The van der Waals surface area contributed by atoms with Crippen molar-refractivity contribution in [2.24, 2.45) is 28.9 Å². The SMILES string of the molecule is CC1CCC(C(N)C2CC2(C)C)CC1. The van der Waals surface area contributed by atoms with Crippen LogP contribution < -0.4 is 5.73 Å². The van der Waals surface area contributed by atoms with Crippen LogP contribution in [0.1, 0.15) is 52.9 Å². The van der Waals surface area contributed by atoms with E-state index in [1.165, 1.54) is 32.1 Å². The summed E-state index contributed by atoms with van der Waals surface area (Å²) in [6.45, 7) is 7.11. The van der Waals surface area contributed by atoms with Crippen LogP contribution in [0.25, 0.3) is 0 Å². The van der Waals surface area contributed by atoms with E-state index in [9.17, 15) is 0 Å². The molecular formula is C13H25N. The number of hydrogen-bond acceptors (Lipinski definition) is 1. The molecule has 0 aromatic heterocycles. The van der Waals surface area contributed by atoms with Gasteiger partial charge in [-0.05, 0) is 42.4 Å². The molecule has 0 amide bonds. The Bertz CT molecular complexity index is 201. The molecule has 14 heavy (non-hydrogen) atoms. The van der Waals surface area contributed by atoms with E-state index in [-0.39, 0.29) is 0 Å². The zero-order chi connectivity index (χ0) is 10.3. The van der Waals surface area contributed by atoms with E-state index in [1.807, 2.05) is 0 Å². The topological polar surface area (TPSA) is 26.0 Å². The highest BCUT2D eigenvalue weighted by Gasteiger charge is 2.50. The molecule has 2 N–H and O–H groups in total. The average molecular weight is 195 g/mol. The fourth-order valence-electron chi connectivity index (χ4n) is 3.16. The molecule has 82 valence electrons. The molecule has 0 heterocycles. The van der Waals surface area contributed by atoms with Gasteiger partial charge in [0, 0.05) is 6.04 Å². The van der Waals surface area contributed by atoms with Gasteiger partial charge < -0.3 is 5.73 Å². The third kappa shape index (κ3) is 1.98. The van der Waals surface area contributed by atoms with Gasteiger partial charge in [0.25, 0.3) is 0 Å². The van der Waals surface area contributed by atoms with Gasteiger partial charge in [0.05, 0.1) is 0 Å². The Labute approximate surface area is 88.4 Å². The van der Waals surface area contributed by atoms with Gasteiger partial charge in [-0.3, -0.25) is 0 Å². The lowest BCUT2D eigenvalue weighted by Crippen LogP contribution is -2.35. The summed E-state index contributed by atoms with van der Waals surface area (Å²) in [6.07, 6.45) is 6.95. The Balaban J connectivity index is 1.84. The molecule has 1 heteroatoms. The molecule has 2 atom stereocenters. The lowest BCUT2D eigenvalue weighted by Gasteiger charge is -2.31. The summed E-state index contributed by atoms with van der Waals surface area (Å²) in [7, 11) is 0. The second-order valence-corrected chi connectivity index (χ2v) is 6.40. The van der Waals surface area contributed by atoms with Crippen LogP contribution in [0.15, 0.2) is 0 Å². The Morgan fingerprint density at radius 1 is 1.14 bits per heavy atom. The quantitative estimate of drug-likeness (QED) is 0.719. The van der Waals surface area contributed by atoms with Gasteiger partial charge in [-0.1, -0.05) is 33.6 Å². The van der Waals surface area contributed by atoms with Crippen LogP contribution in [0.2, 0.25) is 0 Å². The van der Waals surface area contributed by atoms with Crippen LogP contribution >= 0.6 is 0 Å². The first-order valence-corrected chi connectivity index (χ1v) is 6.26. The highest BCUT2D eigenvalue weighted by Crippen LogP contribution is 2.55. The summed E-state index contributed by atoms with van der Waals surface area (Å²) in [5, 5.41) is 0. The molecule has 0 aromatic carbocycles. The molecule has 0 saturated heterocycles. The first-order valence-electron chi connectivity index (χ1n) is 6.26. The van der Waals surface area contributed by atoms with Crippen LogP contribution in [-0.2, 0) is 0 Å². The Morgan fingerprint density at radius 2 is 1.64 bits per heavy atom. The van der Waals surface area contributed by atoms with Crippen molar-refractivity contribution in [3.05, 3.63) is 0 Å². The highest BCUT2D eigenvalue weighted by molar-refractivity contribution is 5.02. The fraction of sp³-hybridized carbons (Fsp3) is 1.00. The van der Waals surface area contributed by atoms with Crippen molar-refractivity contribution in [3.63, 3.8) is 0 Å². The van der Waals surface area contributed by atoms with E-state index in [4.69, 9.17) is 5.73 Å². The van der Waals surface area contributed by atoms with Crippen molar-refractivity contribution in [1.29, 1.82) is 0 Å². The zero-order valence-electron chi connectivity index (χ0n) is 9.92. The van der Waals surface area contributed by atoms with E-state index in [0.29, 0.717) is 11.5 Å². The molecule has 0 radical (unpaired) electrons. The van der Waals surface area contributed by atoms with Crippen LogP contribution in [0.5, 0.6) is 0 Å². The van der Waals surface area contributed by atoms with Gasteiger partial charge in [-0.25, -0.2) is 0 Å². The minimum Gasteiger partial charge on any atom is -0.327 e. The van der Waals surface area contributed by atoms with E-state index in [2.05, 4.69) is 20.8 Å². The maximum atomic E-state index is 6.37. The summed E-state index contributed by atoms with van der Waals surface area (Å²) in [6, 6.07) is 0.498. The molecule has 2 aliphatic rings. The summed E-state index contributed by atoms with van der Waals surface area (Å²) in [5.41, 5.74) is 6.93. The maximum absolute atomic E-state index is 6.37. The van der Waals surface area contributed by atoms with Gasteiger partial charge in [0.1, 0.15) is 0 Å². The summed E-state index contributed by atoms with van der Waals surface area (Å²) < 4.78 is 0. The Hall–Kier alpha value is -0.0400. The first-order chi connectivity index (χ1) is 6.50. The minimum absolute atomic E-state index is 0.498. The first kappa shape index (κ1) is 10.5. The van der Waals surface area contributed by atoms with Crippen LogP contribution in [-0.4, -0.2) is 6.04 Å². The molecule has 0 aromatic rings. The largest absolute Gasteiger partial charge is 0.327 e. The van der Waals surface area contributed by atoms with Crippen molar-refractivity contribution >= 4 is 0 Å². The van der Waals surface area contributed by atoms with Crippen LogP contribution in [0, 0.1) is 23.2 Å². The summed E-state index contributed by atoms with van der Waals surface area (Å²) in [5.74, 6) is 2.60. The Morgan fingerprint density at radius 3 is 2.07 bits per heavy atom. The number of rotatable bonds is 2. The minimum atomic E-state index is 0.498. The van der Waals surface area contributed by atoms with Crippen LogP contribution in [0.3, 0.4) is 0 Å². The van der Waals surface area contributed by atoms with Gasteiger partial charge in [-0.2, -0.15) is 0 Å². The molecule has 2 aliphatic carbocycles. The van der Waals surface area contributed by atoms with Crippen molar-refractivity contribution < 1.29 is 0 Å². The lowest BCUT2D eigenvalue weighted by atomic mass is 9.77. The van der Waals surface area contributed by atoms with Gasteiger partial charge in [-0.15, -0.1) is 0 Å². The molecule has 0 aliphatic heterocycles. The molecule has 2 fully saturated rings. The standard InChI is InChI=1S/C13H25N/c1-9-4-6-10(7-5-9)12(14)11-8-13(11,2)3/h9-12H,4-8,14H2,1-3H3. The molecular weight excluding hydrogens is 170 g/mol. The fourth-order valence-corrected chi connectivity index (χ4v) is 3.16. The molecule has 0 bridgehead atoms. The van der Waals surface area contributed by atoms with Crippen molar-refractivity contribution in [1.82, 2.24) is 0 Å². The zero-order valence-corrected chi connectivity index (χ0v) is 9.92. The second kappa shape index (κ2) is 3.52. The van der Waals surface area contributed by atoms with Gasteiger partial charge in [0.2, 0.25) is 0 Å². The number of nitrogens with two attached hydrogens (primary N) is 1. The third-order valence-electron chi connectivity index (χ3n) is 4.66. The summed E-state index contributed by atoms with van der Waals surface area (Å²) >= 11 is 0. The average Bonchev–Trinajstić information content (AvgIpc) is 2.75. The predicted octanol–water partition coefficient (Wildman–Crippen LogP) is 3.19. The van der Waals surface area contributed by atoms with Crippen molar-refractivity contribution in [3.8, 4) is 0 Å². The van der Waals surface area contributed by atoms with E-state index >= 15 is 0 Å². The van der Waals surface area contributed by atoms with E-state index < -0.39 is 0 Å². The van der Waals surface area contributed by atoms with E-state index in [1.54, 1.807) is 0 Å². The maximum Gasteiger partial charge on any atom is 0.0101 e. The second-order valence-electron chi connectivity index (χ2n) is 6.40. The van der Waals surface area contributed by atoms with E-state index in [0.717, 1.165) is 17.8 Å². The normalized spacial score (nSPS) is 43.3. The van der Waals surface area contributed by atoms with Crippen molar-refractivity contribution in [2.75, 3.05) is 0 Å². The number of hydrogen-bond donors (Lipinski definition) is 1. The van der Waals surface area contributed by atoms with Crippen LogP contribution in [0.4, 0.5) is 0 Å². The molecule has 1 nitrogen and oxygen atoms in total.